The first-order chi connectivity index (χ1) is 11.6. The fourth-order valence-corrected chi connectivity index (χ4v) is 3.58. The van der Waals surface area contributed by atoms with E-state index in [-0.39, 0.29) is 0 Å². The Bertz CT molecular complexity index is 649. The average molecular weight is 327 g/mol. The van der Waals surface area contributed by atoms with Crippen LogP contribution in [0, 0.1) is 6.92 Å². The molecule has 0 N–H and O–H groups in total. The van der Waals surface area contributed by atoms with Crippen molar-refractivity contribution in [3.8, 4) is 0 Å². The third-order valence-corrected chi connectivity index (χ3v) is 4.78. The van der Waals surface area contributed by atoms with Crippen molar-refractivity contribution in [2.24, 2.45) is 0 Å². The maximum absolute atomic E-state index is 4.69. The lowest BCUT2D eigenvalue weighted by Gasteiger charge is -2.34. The highest BCUT2D eigenvalue weighted by molar-refractivity contribution is 5.47. The molecule has 0 aliphatic carbocycles. The Labute approximate surface area is 145 Å². The smallest absolute Gasteiger partial charge is 0.113 e. The molecule has 0 amide bonds. The number of hydrogen-bond donors (Lipinski definition) is 0. The van der Waals surface area contributed by atoms with Crippen LogP contribution < -0.4 is 4.90 Å². The Balaban J connectivity index is 1.68. The fraction of sp³-hybridized carbons (Fsp3) is 0.579. The van der Waals surface area contributed by atoms with Crippen molar-refractivity contribution >= 4 is 5.69 Å². The van der Waals surface area contributed by atoms with Crippen LogP contribution in [0.2, 0.25) is 0 Å². The van der Waals surface area contributed by atoms with Gasteiger partial charge in [-0.25, -0.2) is 4.98 Å². The summed E-state index contributed by atoms with van der Waals surface area (Å²) < 4.78 is 2.36. The van der Waals surface area contributed by atoms with Gasteiger partial charge < -0.3 is 14.4 Å². The van der Waals surface area contributed by atoms with E-state index in [9.17, 15) is 0 Å². The molecule has 3 rings (SSSR count). The maximum Gasteiger partial charge on any atom is 0.113 e. The molecule has 2 aromatic heterocycles. The lowest BCUT2D eigenvalue weighted by molar-refractivity contribution is 0.380. The molecule has 1 fully saturated rings. The topological polar surface area (TPSA) is 37.2 Å². The third kappa shape index (κ3) is 4.15. The van der Waals surface area contributed by atoms with E-state index in [0.29, 0.717) is 5.92 Å². The predicted molar refractivity (Wildman–Crippen MR) is 98.6 cm³/mol. The van der Waals surface area contributed by atoms with Gasteiger partial charge in [-0.1, -0.05) is 0 Å². The van der Waals surface area contributed by atoms with Gasteiger partial charge in [0.15, 0.2) is 0 Å². The van der Waals surface area contributed by atoms with E-state index >= 15 is 0 Å². The summed E-state index contributed by atoms with van der Waals surface area (Å²) in [5.74, 6) is 1.77. The second-order valence-corrected chi connectivity index (χ2v) is 7.08. The summed E-state index contributed by atoms with van der Waals surface area (Å²) in [6.07, 6.45) is 9.62. The van der Waals surface area contributed by atoms with Crippen LogP contribution in [-0.4, -0.2) is 53.2 Å². The first kappa shape index (κ1) is 17.0. The maximum atomic E-state index is 4.69. The number of piperidine rings is 1. The molecule has 1 saturated heterocycles. The minimum atomic E-state index is 0.515. The van der Waals surface area contributed by atoms with Gasteiger partial charge in [0.1, 0.15) is 5.82 Å². The van der Waals surface area contributed by atoms with Crippen LogP contribution in [0.1, 0.15) is 36.7 Å². The highest BCUT2D eigenvalue weighted by atomic mass is 15.2. The van der Waals surface area contributed by atoms with Crippen molar-refractivity contribution in [1.82, 2.24) is 19.4 Å². The van der Waals surface area contributed by atoms with Crippen LogP contribution in [0.5, 0.6) is 0 Å². The zero-order valence-electron chi connectivity index (χ0n) is 15.1. The van der Waals surface area contributed by atoms with Crippen molar-refractivity contribution in [2.45, 2.75) is 38.6 Å². The molecule has 0 radical (unpaired) electrons. The van der Waals surface area contributed by atoms with Crippen LogP contribution in [0.4, 0.5) is 5.69 Å². The Morgan fingerprint density at radius 2 is 2.12 bits per heavy atom. The number of hydrogen-bond acceptors (Lipinski definition) is 4. The second kappa shape index (κ2) is 7.79. The Kier molecular flexibility index (Phi) is 5.51. The molecular weight excluding hydrogens is 298 g/mol. The Hall–Kier alpha value is -1.88. The van der Waals surface area contributed by atoms with Crippen molar-refractivity contribution in [1.29, 1.82) is 0 Å². The molecule has 0 aromatic carbocycles. The number of pyridine rings is 1. The van der Waals surface area contributed by atoms with E-state index in [1.165, 1.54) is 24.4 Å². The zero-order valence-corrected chi connectivity index (χ0v) is 15.1. The van der Waals surface area contributed by atoms with E-state index < -0.39 is 0 Å². The van der Waals surface area contributed by atoms with E-state index in [2.05, 4.69) is 58.7 Å². The molecular formula is C19H29N5. The van der Waals surface area contributed by atoms with Crippen molar-refractivity contribution < 1.29 is 0 Å². The van der Waals surface area contributed by atoms with Gasteiger partial charge in [-0.2, -0.15) is 0 Å². The number of aryl methyl sites for hydroxylation is 2. The van der Waals surface area contributed by atoms with Crippen LogP contribution in [-0.2, 0) is 6.54 Å². The summed E-state index contributed by atoms with van der Waals surface area (Å²) in [5.41, 5.74) is 2.37. The lowest BCUT2D eigenvalue weighted by Crippen LogP contribution is -2.35. The first-order valence-corrected chi connectivity index (χ1v) is 8.97. The molecule has 0 spiro atoms. The van der Waals surface area contributed by atoms with E-state index in [4.69, 9.17) is 4.98 Å². The SMILES string of the molecule is Cc1cc(N2CCC[C@H](c3nccn3CCCN(C)C)C2)ccn1. The molecule has 1 aliphatic heterocycles. The van der Waals surface area contributed by atoms with Crippen molar-refractivity contribution in [3.63, 3.8) is 0 Å². The van der Waals surface area contributed by atoms with E-state index in [1.54, 1.807) is 0 Å². The molecule has 3 heterocycles. The molecule has 24 heavy (non-hydrogen) atoms. The predicted octanol–water partition coefficient (Wildman–Crippen LogP) is 2.92. The summed E-state index contributed by atoms with van der Waals surface area (Å²) in [6.45, 7) is 6.40. The normalized spacial score (nSPS) is 18.3. The number of imidazole rings is 1. The summed E-state index contributed by atoms with van der Waals surface area (Å²) in [6, 6.07) is 4.31. The molecule has 0 bridgehead atoms. The van der Waals surface area contributed by atoms with Gasteiger partial charge in [0.25, 0.3) is 0 Å². The van der Waals surface area contributed by atoms with Crippen LogP contribution >= 0.6 is 0 Å². The summed E-state index contributed by atoms with van der Waals surface area (Å²) in [7, 11) is 4.26. The van der Waals surface area contributed by atoms with E-state index in [0.717, 1.165) is 38.3 Å². The van der Waals surface area contributed by atoms with Gasteiger partial charge in [-0.05, 0) is 59.0 Å². The molecule has 1 aliphatic rings. The Morgan fingerprint density at radius 1 is 1.25 bits per heavy atom. The standard InChI is InChI=1S/C19H29N5/c1-16-14-18(7-8-20-16)24-11-4-6-17(15-24)19-21-9-13-23(19)12-5-10-22(2)3/h7-9,13-14,17H,4-6,10-12,15H2,1-3H3/t17-/m0/s1. The highest BCUT2D eigenvalue weighted by Crippen LogP contribution is 2.29. The molecule has 2 aromatic rings. The summed E-state index contributed by atoms with van der Waals surface area (Å²) >= 11 is 0. The largest absolute Gasteiger partial charge is 0.371 e. The summed E-state index contributed by atoms with van der Waals surface area (Å²) in [5, 5.41) is 0. The van der Waals surface area contributed by atoms with Gasteiger partial charge in [0, 0.05) is 55.5 Å². The zero-order chi connectivity index (χ0) is 16.9. The van der Waals surface area contributed by atoms with Crippen LogP contribution in [0.15, 0.2) is 30.7 Å². The van der Waals surface area contributed by atoms with Crippen molar-refractivity contribution in [2.75, 3.05) is 38.6 Å². The Morgan fingerprint density at radius 3 is 2.92 bits per heavy atom. The van der Waals surface area contributed by atoms with Gasteiger partial charge in [-0.3, -0.25) is 4.98 Å². The molecule has 0 unspecified atom stereocenters. The molecule has 0 saturated carbocycles. The number of aromatic nitrogens is 3. The number of anilines is 1. The number of rotatable bonds is 6. The molecule has 5 nitrogen and oxygen atoms in total. The first-order valence-electron chi connectivity index (χ1n) is 8.97. The quantitative estimate of drug-likeness (QED) is 0.817. The van der Waals surface area contributed by atoms with Gasteiger partial charge >= 0.3 is 0 Å². The molecule has 1 atom stereocenters. The van der Waals surface area contributed by atoms with Crippen LogP contribution in [0.25, 0.3) is 0 Å². The number of nitrogens with zero attached hydrogens (tertiary/aromatic N) is 5. The second-order valence-electron chi connectivity index (χ2n) is 7.08. The highest BCUT2D eigenvalue weighted by Gasteiger charge is 2.25. The van der Waals surface area contributed by atoms with E-state index in [1.807, 2.05) is 12.4 Å². The minimum absolute atomic E-state index is 0.515. The third-order valence-electron chi connectivity index (χ3n) is 4.78. The molecule has 5 heteroatoms. The summed E-state index contributed by atoms with van der Waals surface area (Å²) in [4.78, 5) is 13.7. The lowest BCUT2D eigenvalue weighted by atomic mass is 9.96. The minimum Gasteiger partial charge on any atom is -0.371 e. The molecule has 130 valence electrons. The monoisotopic (exact) mass is 327 g/mol. The van der Waals surface area contributed by atoms with Gasteiger partial charge in [0.2, 0.25) is 0 Å². The average Bonchev–Trinajstić information content (AvgIpc) is 3.03. The van der Waals surface area contributed by atoms with Crippen LogP contribution in [0.3, 0.4) is 0 Å². The fourth-order valence-electron chi connectivity index (χ4n) is 3.58. The van der Waals surface area contributed by atoms with Gasteiger partial charge in [0.05, 0.1) is 0 Å². The van der Waals surface area contributed by atoms with Gasteiger partial charge in [-0.15, -0.1) is 0 Å². The van der Waals surface area contributed by atoms with Crippen molar-refractivity contribution in [3.05, 3.63) is 42.2 Å².